The Morgan fingerprint density at radius 3 is 2.48 bits per heavy atom. The van der Waals surface area contributed by atoms with Crippen LogP contribution >= 0.6 is 11.8 Å². The highest BCUT2D eigenvalue weighted by molar-refractivity contribution is 7.99. The first kappa shape index (κ1) is 22.8. The van der Waals surface area contributed by atoms with E-state index >= 15 is 0 Å². The smallest absolute Gasteiger partial charge is 0.233 e. The minimum atomic E-state index is -0.285. The molecule has 0 fully saturated rings. The molecular weight excluding hydrogens is 415 g/mol. The average Bonchev–Trinajstić information content (AvgIpc) is 3.20. The number of nitrogens with zero attached hydrogens (tertiary/aromatic N) is 4. The molecule has 6 nitrogen and oxygen atoms in total. The van der Waals surface area contributed by atoms with Gasteiger partial charge in [-0.05, 0) is 48.4 Å². The van der Waals surface area contributed by atoms with Crippen molar-refractivity contribution in [1.82, 2.24) is 19.7 Å². The SMILES string of the molecule is CCCCn1c(SCC(=O)N(C)Cc2ccc(F)cc2)nnc1-c1ccc(OC)cc1. The fourth-order valence-corrected chi connectivity index (χ4v) is 3.96. The fraction of sp³-hybridized carbons (Fsp3) is 0.348. The second-order valence-electron chi connectivity index (χ2n) is 7.20. The van der Waals surface area contributed by atoms with Crippen molar-refractivity contribution in [1.29, 1.82) is 0 Å². The first-order valence-corrected chi connectivity index (χ1v) is 11.2. The van der Waals surface area contributed by atoms with E-state index in [0.29, 0.717) is 6.54 Å². The summed E-state index contributed by atoms with van der Waals surface area (Å²) < 4.78 is 20.4. The normalized spacial score (nSPS) is 10.8. The molecule has 2 aromatic carbocycles. The average molecular weight is 443 g/mol. The van der Waals surface area contributed by atoms with Gasteiger partial charge >= 0.3 is 0 Å². The van der Waals surface area contributed by atoms with Gasteiger partial charge in [0.2, 0.25) is 5.91 Å². The molecule has 1 aromatic heterocycles. The molecule has 0 aliphatic heterocycles. The summed E-state index contributed by atoms with van der Waals surface area (Å²) in [6.07, 6.45) is 2.04. The monoisotopic (exact) mass is 442 g/mol. The number of carbonyl (C=O) groups excluding carboxylic acids is 1. The molecule has 0 unspecified atom stereocenters. The third kappa shape index (κ3) is 6.07. The number of benzene rings is 2. The second-order valence-corrected chi connectivity index (χ2v) is 8.15. The number of amides is 1. The molecule has 1 amide bonds. The molecule has 8 heteroatoms. The lowest BCUT2D eigenvalue weighted by Gasteiger charge is -2.17. The molecule has 3 aromatic rings. The van der Waals surface area contributed by atoms with Crippen molar-refractivity contribution < 1.29 is 13.9 Å². The zero-order valence-corrected chi connectivity index (χ0v) is 18.9. The molecule has 0 saturated heterocycles. The van der Waals surface area contributed by atoms with Gasteiger partial charge in [0.1, 0.15) is 11.6 Å². The van der Waals surface area contributed by atoms with Gasteiger partial charge in [-0.1, -0.05) is 37.2 Å². The Morgan fingerprint density at radius 2 is 1.84 bits per heavy atom. The van der Waals surface area contributed by atoms with E-state index in [4.69, 9.17) is 4.74 Å². The van der Waals surface area contributed by atoms with Crippen LogP contribution in [-0.2, 0) is 17.9 Å². The number of hydrogen-bond acceptors (Lipinski definition) is 5. The van der Waals surface area contributed by atoms with E-state index in [1.54, 1.807) is 31.2 Å². The minimum Gasteiger partial charge on any atom is -0.497 e. The highest BCUT2D eigenvalue weighted by atomic mass is 32.2. The van der Waals surface area contributed by atoms with Gasteiger partial charge in [0.15, 0.2) is 11.0 Å². The topological polar surface area (TPSA) is 60.2 Å². The molecule has 1 heterocycles. The van der Waals surface area contributed by atoms with Gasteiger partial charge in [-0.3, -0.25) is 4.79 Å². The highest BCUT2D eigenvalue weighted by Gasteiger charge is 2.17. The second kappa shape index (κ2) is 10.9. The summed E-state index contributed by atoms with van der Waals surface area (Å²) in [4.78, 5) is 14.3. The van der Waals surface area contributed by atoms with Crippen LogP contribution in [-0.4, -0.2) is 45.5 Å². The first-order chi connectivity index (χ1) is 15.0. The van der Waals surface area contributed by atoms with Crippen LogP contribution in [0.15, 0.2) is 53.7 Å². The van der Waals surface area contributed by atoms with E-state index < -0.39 is 0 Å². The van der Waals surface area contributed by atoms with Gasteiger partial charge < -0.3 is 14.2 Å². The van der Waals surface area contributed by atoms with Gasteiger partial charge in [-0.25, -0.2) is 4.39 Å². The van der Waals surface area contributed by atoms with Crippen LogP contribution in [0, 0.1) is 5.82 Å². The van der Waals surface area contributed by atoms with Crippen LogP contribution in [0.3, 0.4) is 0 Å². The van der Waals surface area contributed by atoms with E-state index in [1.807, 2.05) is 24.3 Å². The van der Waals surface area contributed by atoms with E-state index in [9.17, 15) is 9.18 Å². The number of aromatic nitrogens is 3. The highest BCUT2D eigenvalue weighted by Crippen LogP contribution is 2.26. The number of rotatable bonds is 10. The Labute approximate surface area is 186 Å². The van der Waals surface area contributed by atoms with Crippen LogP contribution < -0.4 is 4.74 Å². The summed E-state index contributed by atoms with van der Waals surface area (Å²) >= 11 is 1.38. The largest absolute Gasteiger partial charge is 0.497 e. The summed E-state index contributed by atoms with van der Waals surface area (Å²) in [7, 11) is 3.38. The number of unbranched alkanes of at least 4 members (excludes halogenated alkanes) is 1. The molecule has 0 radical (unpaired) electrons. The molecular formula is C23H27FN4O2S. The summed E-state index contributed by atoms with van der Waals surface area (Å²) in [5.41, 5.74) is 1.84. The Kier molecular flexibility index (Phi) is 8.06. The Balaban J connectivity index is 1.68. The van der Waals surface area contributed by atoms with Crippen LogP contribution in [0.25, 0.3) is 11.4 Å². The number of ether oxygens (including phenoxy) is 1. The van der Waals surface area contributed by atoms with Crippen LogP contribution in [0.5, 0.6) is 5.75 Å². The molecule has 31 heavy (non-hydrogen) atoms. The predicted octanol–water partition coefficient (Wildman–Crippen LogP) is 4.64. The van der Waals surface area contributed by atoms with Gasteiger partial charge in [0.05, 0.1) is 12.9 Å². The maximum absolute atomic E-state index is 13.1. The Morgan fingerprint density at radius 1 is 1.13 bits per heavy atom. The summed E-state index contributed by atoms with van der Waals surface area (Å²) in [6.45, 7) is 3.35. The minimum absolute atomic E-state index is 0.0228. The Bertz CT molecular complexity index is 990. The third-order valence-corrected chi connectivity index (χ3v) is 5.84. The first-order valence-electron chi connectivity index (χ1n) is 10.2. The van der Waals surface area contributed by atoms with Crippen molar-refractivity contribution in [3.8, 4) is 17.1 Å². The molecule has 0 spiro atoms. The predicted molar refractivity (Wildman–Crippen MR) is 121 cm³/mol. The van der Waals surface area contributed by atoms with Crippen molar-refractivity contribution >= 4 is 17.7 Å². The Hall–Kier alpha value is -2.87. The molecule has 0 saturated carbocycles. The zero-order valence-electron chi connectivity index (χ0n) is 18.0. The molecule has 0 atom stereocenters. The van der Waals surface area contributed by atoms with Crippen molar-refractivity contribution in [2.45, 2.75) is 38.0 Å². The van der Waals surface area contributed by atoms with Gasteiger partial charge in [0, 0.05) is 25.7 Å². The van der Waals surface area contributed by atoms with E-state index in [0.717, 1.165) is 47.2 Å². The van der Waals surface area contributed by atoms with Crippen LogP contribution in [0.2, 0.25) is 0 Å². The molecule has 0 bridgehead atoms. The van der Waals surface area contributed by atoms with E-state index in [2.05, 4.69) is 21.7 Å². The summed E-state index contributed by atoms with van der Waals surface area (Å²) in [5.74, 6) is 1.51. The molecule has 0 aliphatic rings. The number of methoxy groups -OCH3 is 1. The van der Waals surface area contributed by atoms with Crippen LogP contribution in [0.1, 0.15) is 25.3 Å². The fourth-order valence-electron chi connectivity index (χ4n) is 3.06. The number of carbonyl (C=O) groups is 1. The molecule has 164 valence electrons. The third-order valence-electron chi connectivity index (χ3n) is 4.88. The number of halogens is 1. The van der Waals surface area contributed by atoms with Crippen LogP contribution in [0.4, 0.5) is 4.39 Å². The van der Waals surface area contributed by atoms with E-state index in [1.165, 1.54) is 23.9 Å². The van der Waals surface area contributed by atoms with Gasteiger partial charge in [-0.2, -0.15) is 0 Å². The van der Waals surface area contributed by atoms with Gasteiger partial charge in [0.25, 0.3) is 0 Å². The maximum Gasteiger partial charge on any atom is 0.233 e. The standard InChI is InChI=1S/C23H27FN4O2S/c1-4-5-14-28-22(18-8-12-20(30-3)13-9-18)25-26-23(28)31-16-21(29)27(2)15-17-6-10-19(24)11-7-17/h6-13H,4-5,14-16H2,1-3H3. The molecule has 0 aliphatic carbocycles. The molecule has 0 N–H and O–H groups in total. The lowest BCUT2D eigenvalue weighted by molar-refractivity contribution is -0.127. The van der Waals surface area contributed by atoms with Gasteiger partial charge in [-0.15, -0.1) is 10.2 Å². The van der Waals surface area contributed by atoms with Crippen molar-refractivity contribution in [3.63, 3.8) is 0 Å². The summed E-state index contributed by atoms with van der Waals surface area (Å²) in [6, 6.07) is 13.9. The number of thioether (sulfide) groups is 1. The lowest BCUT2D eigenvalue weighted by Crippen LogP contribution is -2.27. The number of hydrogen-bond donors (Lipinski definition) is 0. The van der Waals surface area contributed by atoms with E-state index in [-0.39, 0.29) is 17.5 Å². The summed E-state index contributed by atoms with van der Waals surface area (Å²) in [5, 5.41) is 9.45. The lowest BCUT2D eigenvalue weighted by atomic mass is 10.2. The van der Waals surface area contributed by atoms with Crippen molar-refractivity contribution in [2.75, 3.05) is 19.9 Å². The van der Waals surface area contributed by atoms with Crippen molar-refractivity contribution in [3.05, 3.63) is 59.9 Å². The quantitative estimate of drug-likeness (QED) is 0.428. The maximum atomic E-state index is 13.1. The molecule has 3 rings (SSSR count). The van der Waals surface area contributed by atoms with Crippen molar-refractivity contribution in [2.24, 2.45) is 0 Å². The zero-order chi connectivity index (χ0) is 22.2.